The molecule has 0 unspecified atom stereocenters. The first-order valence-electron chi connectivity index (χ1n) is 14.5. The van der Waals surface area contributed by atoms with Gasteiger partial charge in [-0.05, 0) is 61.4 Å². The fourth-order valence-electron chi connectivity index (χ4n) is 5.68. The molecule has 9 nitrogen and oxygen atoms in total. The second kappa shape index (κ2) is 12.7. The van der Waals surface area contributed by atoms with Gasteiger partial charge in [-0.1, -0.05) is 38.1 Å². The van der Waals surface area contributed by atoms with Crippen molar-refractivity contribution in [3.63, 3.8) is 0 Å². The molecule has 0 spiro atoms. The summed E-state index contributed by atoms with van der Waals surface area (Å²) in [5.74, 6) is -2.28. The van der Waals surface area contributed by atoms with Crippen molar-refractivity contribution in [1.29, 1.82) is 0 Å². The summed E-state index contributed by atoms with van der Waals surface area (Å²) in [5, 5.41) is 6.73. The maximum Gasteiger partial charge on any atom is 0.257 e. The number of aromatic nitrogens is 1. The number of hydrogen-bond acceptors (Lipinski definition) is 5. The Morgan fingerprint density at radius 3 is 2.69 bits per heavy atom. The number of para-hydroxylation sites is 1. The van der Waals surface area contributed by atoms with Crippen molar-refractivity contribution in [3.05, 3.63) is 77.2 Å². The molecule has 2 N–H and O–H groups in total. The number of pyridine rings is 1. The maximum absolute atomic E-state index is 14.8. The third-order valence-corrected chi connectivity index (χ3v) is 8.08. The van der Waals surface area contributed by atoms with Gasteiger partial charge in [0.25, 0.3) is 11.8 Å². The van der Waals surface area contributed by atoms with Crippen molar-refractivity contribution < 1.29 is 23.6 Å². The highest BCUT2D eigenvalue weighted by molar-refractivity contribution is 6.06. The maximum atomic E-state index is 14.8. The van der Waals surface area contributed by atoms with Gasteiger partial charge in [0.15, 0.2) is 0 Å². The number of nitrogens with zero attached hydrogens (tertiary/aromatic N) is 3. The lowest BCUT2D eigenvalue weighted by atomic mass is 10.0. The molecule has 42 heavy (non-hydrogen) atoms. The number of fused-ring (bicyclic) bond motifs is 4. The van der Waals surface area contributed by atoms with Gasteiger partial charge in [-0.25, -0.2) is 4.39 Å². The van der Waals surface area contributed by atoms with Crippen LogP contribution in [-0.2, 0) is 16.0 Å². The van der Waals surface area contributed by atoms with E-state index in [2.05, 4.69) is 15.6 Å². The number of carbonyl (C=O) groups excluding carboxylic acids is 4. The van der Waals surface area contributed by atoms with Gasteiger partial charge in [0.2, 0.25) is 11.8 Å². The first kappa shape index (κ1) is 29.2. The summed E-state index contributed by atoms with van der Waals surface area (Å²) in [5.41, 5.74) is 1.61. The second-order valence-electron chi connectivity index (χ2n) is 11.3. The lowest BCUT2D eigenvalue weighted by molar-refractivity contribution is -0.126. The van der Waals surface area contributed by atoms with Gasteiger partial charge in [0.05, 0.1) is 23.2 Å². The Balaban J connectivity index is 1.48. The van der Waals surface area contributed by atoms with E-state index in [0.29, 0.717) is 49.9 Å². The number of hydrogen-bond donors (Lipinski definition) is 2. The van der Waals surface area contributed by atoms with Crippen LogP contribution in [0, 0.1) is 11.7 Å². The zero-order valence-electron chi connectivity index (χ0n) is 23.9. The first-order chi connectivity index (χ1) is 20.2. The summed E-state index contributed by atoms with van der Waals surface area (Å²) in [7, 11) is 0. The number of carbonyl (C=O) groups is 4. The van der Waals surface area contributed by atoms with Gasteiger partial charge in [-0.2, -0.15) is 0 Å². The van der Waals surface area contributed by atoms with Crippen molar-refractivity contribution in [1.82, 2.24) is 25.4 Å². The molecule has 0 saturated carbocycles. The fourth-order valence-corrected chi connectivity index (χ4v) is 5.68. The van der Waals surface area contributed by atoms with Crippen LogP contribution in [0.2, 0.25) is 0 Å². The average Bonchev–Trinajstić information content (AvgIpc) is 3.48. The minimum Gasteiger partial charge on any atom is -0.355 e. The van der Waals surface area contributed by atoms with E-state index in [0.717, 1.165) is 10.9 Å². The highest BCUT2D eigenvalue weighted by Crippen LogP contribution is 2.24. The van der Waals surface area contributed by atoms with Gasteiger partial charge in [0, 0.05) is 37.3 Å². The molecule has 2 aliphatic rings. The van der Waals surface area contributed by atoms with E-state index in [1.54, 1.807) is 36.5 Å². The molecule has 10 heteroatoms. The Morgan fingerprint density at radius 1 is 1.07 bits per heavy atom. The molecule has 3 heterocycles. The van der Waals surface area contributed by atoms with E-state index in [1.165, 1.54) is 15.9 Å². The van der Waals surface area contributed by atoms with Gasteiger partial charge in [-0.3, -0.25) is 24.2 Å². The Morgan fingerprint density at radius 2 is 1.88 bits per heavy atom. The second-order valence-corrected chi connectivity index (χ2v) is 11.3. The Labute approximate surface area is 244 Å². The monoisotopic (exact) mass is 573 g/mol. The highest BCUT2D eigenvalue weighted by atomic mass is 19.1. The summed E-state index contributed by atoms with van der Waals surface area (Å²) in [6.45, 7) is 4.42. The molecule has 2 aliphatic heterocycles. The summed E-state index contributed by atoms with van der Waals surface area (Å²) >= 11 is 0. The number of rotatable bonds is 2. The quantitative estimate of drug-likeness (QED) is 0.489. The first-order valence-corrected chi connectivity index (χ1v) is 14.5. The smallest absolute Gasteiger partial charge is 0.257 e. The predicted octanol–water partition coefficient (Wildman–Crippen LogP) is 3.32. The molecular formula is C32H36FN5O4. The Bertz CT molecular complexity index is 1500. The molecule has 4 amide bonds. The van der Waals surface area contributed by atoms with E-state index >= 15 is 0 Å². The molecule has 0 aliphatic carbocycles. The predicted molar refractivity (Wildman–Crippen MR) is 156 cm³/mol. The zero-order valence-corrected chi connectivity index (χ0v) is 23.9. The molecule has 2 aromatic carbocycles. The summed E-state index contributed by atoms with van der Waals surface area (Å²) in [6, 6.07) is 12.2. The zero-order chi connectivity index (χ0) is 29.8. The van der Waals surface area contributed by atoms with Crippen molar-refractivity contribution in [2.45, 2.75) is 51.6 Å². The minimum atomic E-state index is -0.757. The Kier molecular flexibility index (Phi) is 8.80. The number of benzene rings is 2. The van der Waals surface area contributed by atoms with Crippen LogP contribution in [0.25, 0.3) is 10.9 Å². The van der Waals surface area contributed by atoms with Gasteiger partial charge in [-0.15, -0.1) is 0 Å². The number of halogens is 1. The number of nitrogens with one attached hydrogen (secondary N) is 2. The number of aryl methyl sites for hydroxylation is 1. The van der Waals surface area contributed by atoms with Crippen molar-refractivity contribution >= 4 is 34.5 Å². The van der Waals surface area contributed by atoms with Gasteiger partial charge in [0.1, 0.15) is 11.9 Å². The highest BCUT2D eigenvalue weighted by Gasteiger charge is 2.37. The molecule has 0 radical (unpaired) electrons. The molecule has 1 aromatic heterocycles. The molecule has 2 bridgehead atoms. The van der Waals surface area contributed by atoms with E-state index in [-0.39, 0.29) is 42.3 Å². The van der Waals surface area contributed by atoms with E-state index in [9.17, 15) is 23.6 Å². The topological polar surface area (TPSA) is 112 Å². The van der Waals surface area contributed by atoms with E-state index in [1.807, 2.05) is 26.0 Å². The van der Waals surface area contributed by atoms with Crippen LogP contribution in [0.5, 0.6) is 0 Å². The van der Waals surface area contributed by atoms with Gasteiger partial charge < -0.3 is 20.4 Å². The van der Waals surface area contributed by atoms with Gasteiger partial charge >= 0.3 is 0 Å². The number of amides is 4. The van der Waals surface area contributed by atoms with Crippen LogP contribution in [0.15, 0.2) is 54.7 Å². The minimum absolute atomic E-state index is 0.0542. The van der Waals surface area contributed by atoms with Crippen LogP contribution in [-0.4, -0.2) is 76.7 Å². The third-order valence-electron chi connectivity index (χ3n) is 8.08. The summed E-state index contributed by atoms with van der Waals surface area (Å²) < 4.78 is 14.8. The van der Waals surface area contributed by atoms with Crippen LogP contribution in [0.3, 0.4) is 0 Å². The van der Waals surface area contributed by atoms with Crippen molar-refractivity contribution in [2.24, 2.45) is 5.92 Å². The van der Waals surface area contributed by atoms with Crippen LogP contribution in [0.4, 0.5) is 4.39 Å². The summed E-state index contributed by atoms with van der Waals surface area (Å²) in [4.78, 5) is 61.4. The van der Waals surface area contributed by atoms with Crippen LogP contribution in [0.1, 0.15) is 59.4 Å². The molecule has 1 fully saturated rings. The van der Waals surface area contributed by atoms with Crippen molar-refractivity contribution in [3.8, 4) is 0 Å². The normalized spacial score (nSPS) is 20.7. The van der Waals surface area contributed by atoms with Crippen LogP contribution >= 0.6 is 0 Å². The average molecular weight is 574 g/mol. The van der Waals surface area contributed by atoms with Crippen LogP contribution < -0.4 is 10.6 Å². The molecular weight excluding hydrogens is 537 g/mol. The fraction of sp³-hybridized carbons (Fsp3) is 0.406. The lowest BCUT2D eigenvalue weighted by Crippen LogP contribution is -2.54. The molecule has 3 aromatic rings. The molecule has 1 saturated heterocycles. The van der Waals surface area contributed by atoms with Crippen molar-refractivity contribution in [2.75, 3.05) is 26.2 Å². The third kappa shape index (κ3) is 6.27. The largest absolute Gasteiger partial charge is 0.355 e. The summed E-state index contributed by atoms with van der Waals surface area (Å²) in [6.07, 6.45) is 3.78. The molecule has 5 rings (SSSR count). The van der Waals surface area contributed by atoms with E-state index < -0.39 is 23.8 Å². The molecule has 2 atom stereocenters. The standard InChI is InChI=1S/C32H36FN5O4/c1-20(2)26-18-37(31(41)23-10-3-8-22-9-5-15-35-29(22)23)19-28(39)34-14-4-7-21-12-13-25(33)24(17-21)32(42)38-16-6-11-27(38)30(40)36-26/h3,5,8-10,12-13,15,17,20,26-27H,4,6-7,11,14,16,18-19H2,1-2H3,(H,34,39)(H,36,40)/t26-,27-/m0/s1. The SMILES string of the molecule is CC(C)[C@@H]1CN(C(=O)c2cccc3cccnc23)CC(=O)NCCCc2ccc(F)c(c2)C(=O)N2CCC[C@H]2C(=O)N1. The molecule has 220 valence electrons. The lowest BCUT2D eigenvalue weighted by Gasteiger charge is -2.32. The Hall–Kier alpha value is -4.34. The van der Waals surface area contributed by atoms with E-state index in [4.69, 9.17) is 0 Å².